The number of aryl methyl sites for hydroxylation is 2. The molecule has 1 aromatic carbocycles. The van der Waals surface area contributed by atoms with Crippen molar-refractivity contribution in [2.75, 3.05) is 12.4 Å². The lowest BCUT2D eigenvalue weighted by Gasteiger charge is -2.03. The maximum Gasteiger partial charge on any atom is 0.303 e. The minimum Gasteiger partial charge on any atom is -0.497 e. The van der Waals surface area contributed by atoms with Crippen molar-refractivity contribution in [3.05, 3.63) is 47.3 Å². The summed E-state index contributed by atoms with van der Waals surface area (Å²) >= 11 is 0. The van der Waals surface area contributed by atoms with Gasteiger partial charge in [-0.2, -0.15) is 0 Å². The largest absolute Gasteiger partial charge is 0.497 e. The van der Waals surface area contributed by atoms with E-state index in [0.29, 0.717) is 17.7 Å². The van der Waals surface area contributed by atoms with E-state index in [1.54, 1.807) is 23.9 Å². The van der Waals surface area contributed by atoms with Gasteiger partial charge in [0.05, 0.1) is 12.7 Å². The van der Waals surface area contributed by atoms with Crippen molar-refractivity contribution in [3.63, 3.8) is 0 Å². The van der Waals surface area contributed by atoms with E-state index in [-0.39, 0.29) is 12.3 Å². The number of fused-ring (bicyclic) bond motifs is 1. The van der Waals surface area contributed by atoms with Gasteiger partial charge in [-0.15, -0.1) is 0 Å². The van der Waals surface area contributed by atoms with Gasteiger partial charge in [-0.1, -0.05) is 0 Å². The smallest absolute Gasteiger partial charge is 0.303 e. The maximum atomic E-state index is 12.2. The Morgan fingerprint density at radius 2 is 2.17 bits per heavy atom. The van der Waals surface area contributed by atoms with Crippen LogP contribution in [0.4, 0.5) is 5.69 Å². The fraction of sp³-hybridized carbons (Fsp3) is 0.222. The molecule has 0 radical (unpaired) electrons. The minimum absolute atomic E-state index is 0.0853. The first kappa shape index (κ1) is 15.9. The number of rotatable bonds is 5. The molecule has 0 aliphatic carbocycles. The number of amides is 1. The maximum absolute atomic E-state index is 12.2. The number of carbonyl (C=O) groups excluding carboxylic acids is 1. The quantitative estimate of drug-likeness (QED) is 0.828. The first-order valence-corrected chi connectivity index (χ1v) is 7.58. The van der Waals surface area contributed by atoms with Crippen LogP contribution < -0.4 is 10.1 Å². The molecule has 1 aliphatic rings. The number of nitrogens with one attached hydrogen (secondary N) is 1. The third kappa shape index (κ3) is 3.03. The van der Waals surface area contributed by atoms with E-state index < -0.39 is 5.97 Å². The molecule has 0 atom stereocenters. The van der Waals surface area contributed by atoms with Crippen molar-refractivity contribution in [1.82, 2.24) is 4.57 Å². The summed E-state index contributed by atoms with van der Waals surface area (Å²) in [6.45, 7) is 1.93. The van der Waals surface area contributed by atoms with Gasteiger partial charge < -0.3 is 19.7 Å². The topological polar surface area (TPSA) is 80.6 Å². The Kier molecular flexibility index (Phi) is 4.12. The number of aromatic nitrogens is 1. The Labute approximate surface area is 139 Å². The fourth-order valence-corrected chi connectivity index (χ4v) is 2.77. The Hall–Kier alpha value is -3.02. The third-order valence-corrected chi connectivity index (χ3v) is 4.05. The Morgan fingerprint density at radius 3 is 2.88 bits per heavy atom. The van der Waals surface area contributed by atoms with Gasteiger partial charge in [-0.05, 0) is 42.7 Å². The molecular formula is C18H18N2O4. The van der Waals surface area contributed by atoms with Crippen LogP contribution in [0.2, 0.25) is 0 Å². The fourth-order valence-electron chi connectivity index (χ4n) is 2.77. The average Bonchev–Trinajstić information content (AvgIpc) is 3.05. The minimum atomic E-state index is -0.823. The predicted molar refractivity (Wildman–Crippen MR) is 90.9 cm³/mol. The number of methoxy groups -OCH3 is 1. The lowest BCUT2D eigenvalue weighted by Crippen LogP contribution is -2.04. The van der Waals surface area contributed by atoms with Crippen LogP contribution in [0.5, 0.6) is 5.75 Å². The first-order valence-electron chi connectivity index (χ1n) is 7.58. The van der Waals surface area contributed by atoms with Gasteiger partial charge in [0.2, 0.25) is 0 Å². The van der Waals surface area contributed by atoms with Crippen molar-refractivity contribution in [2.24, 2.45) is 0 Å². The first-order chi connectivity index (χ1) is 11.5. The van der Waals surface area contributed by atoms with Gasteiger partial charge >= 0.3 is 5.97 Å². The van der Waals surface area contributed by atoms with Crippen LogP contribution >= 0.6 is 0 Å². The number of carboxylic acids is 1. The molecule has 0 saturated heterocycles. The summed E-state index contributed by atoms with van der Waals surface area (Å²) in [4.78, 5) is 23.0. The van der Waals surface area contributed by atoms with E-state index in [1.807, 2.05) is 31.5 Å². The normalized spacial score (nSPS) is 14.6. The number of hydrogen-bond acceptors (Lipinski definition) is 3. The van der Waals surface area contributed by atoms with Gasteiger partial charge in [0.1, 0.15) is 5.75 Å². The standard InChI is InChI=1S/C18H18N2O4/c1-11-8-20(9-12(11)3-6-17(21)22)10-15-14-7-13(24-2)4-5-16(14)19-18(15)23/h4-5,7-10H,3,6H2,1-2H3,(H,19,23)(H,21,22). The zero-order valence-corrected chi connectivity index (χ0v) is 13.5. The number of benzene rings is 1. The summed E-state index contributed by atoms with van der Waals surface area (Å²) in [5, 5.41) is 11.6. The van der Waals surface area contributed by atoms with E-state index in [9.17, 15) is 9.59 Å². The second-order valence-electron chi connectivity index (χ2n) is 5.72. The summed E-state index contributed by atoms with van der Waals surface area (Å²) in [5.41, 5.74) is 4.04. The molecule has 1 aliphatic heterocycles. The molecule has 2 aromatic rings. The van der Waals surface area contributed by atoms with Crippen molar-refractivity contribution < 1.29 is 19.4 Å². The zero-order chi connectivity index (χ0) is 17.3. The summed E-state index contributed by atoms with van der Waals surface area (Å²) in [7, 11) is 1.58. The van der Waals surface area contributed by atoms with Gasteiger partial charge in [-0.25, -0.2) is 0 Å². The molecule has 2 heterocycles. The van der Waals surface area contributed by atoms with Gasteiger partial charge in [0.15, 0.2) is 0 Å². The molecule has 1 amide bonds. The van der Waals surface area contributed by atoms with Crippen LogP contribution in [0.15, 0.2) is 30.6 Å². The Balaban J connectivity index is 1.93. The third-order valence-electron chi connectivity index (χ3n) is 4.05. The number of carbonyl (C=O) groups is 2. The molecule has 6 heteroatoms. The zero-order valence-electron chi connectivity index (χ0n) is 13.5. The summed E-state index contributed by atoms with van der Waals surface area (Å²) in [5.74, 6) is -0.310. The van der Waals surface area contributed by atoms with Crippen molar-refractivity contribution in [3.8, 4) is 5.75 Å². The lowest BCUT2D eigenvalue weighted by molar-refractivity contribution is -0.137. The SMILES string of the molecule is COc1ccc2c(c1)C(=Cn1cc(C)c(CCC(=O)O)c1)C(=O)N2. The number of hydrogen-bond donors (Lipinski definition) is 2. The molecule has 0 spiro atoms. The number of carboxylic acid groups (broad SMARTS) is 1. The second kappa shape index (κ2) is 6.23. The highest BCUT2D eigenvalue weighted by molar-refractivity contribution is 6.34. The van der Waals surface area contributed by atoms with Crippen LogP contribution in [-0.4, -0.2) is 28.7 Å². The summed E-state index contributed by atoms with van der Waals surface area (Å²) in [6, 6.07) is 5.43. The van der Waals surface area contributed by atoms with Crippen LogP contribution in [-0.2, 0) is 16.0 Å². The van der Waals surface area contributed by atoms with Crippen LogP contribution in [0.25, 0.3) is 11.8 Å². The molecule has 2 N–H and O–H groups in total. The molecule has 0 fully saturated rings. The molecule has 24 heavy (non-hydrogen) atoms. The van der Waals surface area contributed by atoms with E-state index >= 15 is 0 Å². The molecule has 1 aromatic heterocycles. The van der Waals surface area contributed by atoms with Crippen molar-refractivity contribution >= 4 is 29.3 Å². The molecule has 3 rings (SSSR count). The van der Waals surface area contributed by atoms with Gasteiger partial charge in [0, 0.05) is 36.3 Å². The monoisotopic (exact) mass is 326 g/mol. The van der Waals surface area contributed by atoms with Gasteiger partial charge in [-0.3, -0.25) is 9.59 Å². The number of ether oxygens (including phenoxy) is 1. The van der Waals surface area contributed by atoms with Crippen molar-refractivity contribution in [1.29, 1.82) is 0 Å². The van der Waals surface area contributed by atoms with E-state index in [4.69, 9.17) is 9.84 Å². The van der Waals surface area contributed by atoms with Crippen LogP contribution in [0.1, 0.15) is 23.1 Å². The summed E-state index contributed by atoms with van der Waals surface area (Å²) in [6.07, 6.45) is 6.04. The van der Waals surface area contributed by atoms with Gasteiger partial charge in [0.25, 0.3) is 5.91 Å². The highest BCUT2D eigenvalue weighted by Gasteiger charge is 2.24. The number of nitrogens with zero attached hydrogens (tertiary/aromatic N) is 1. The average molecular weight is 326 g/mol. The molecule has 0 saturated carbocycles. The van der Waals surface area contributed by atoms with E-state index in [1.165, 1.54) is 0 Å². The molecule has 0 bridgehead atoms. The van der Waals surface area contributed by atoms with Crippen molar-refractivity contribution in [2.45, 2.75) is 19.8 Å². The predicted octanol–water partition coefficient (Wildman–Crippen LogP) is 2.77. The van der Waals surface area contributed by atoms with E-state index in [0.717, 1.165) is 22.4 Å². The summed E-state index contributed by atoms with van der Waals surface area (Å²) < 4.78 is 7.02. The van der Waals surface area contributed by atoms with Crippen LogP contribution in [0, 0.1) is 6.92 Å². The number of aliphatic carboxylic acids is 1. The molecular weight excluding hydrogens is 308 g/mol. The molecule has 0 unspecified atom stereocenters. The molecule has 124 valence electrons. The second-order valence-corrected chi connectivity index (χ2v) is 5.72. The highest BCUT2D eigenvalue weighted by atomic mass is 16.5. The Bertz CT molecular complexity index is 849. The Morgan fingerprint density at radius 1 is 1.38 bits per heavy atom. The van der Waals surface area contributed by atoms with Crippen LogP contribution in [0.3, 0.4) is 0 Å². The number of anilines is 1. The highest BCUT2D eigenvalue weighted by Crippen LogP contribution is 2.35. The molecule has 6 nitrogen and oxygen atoms in total. The van der Waals surface area contributed by atoms with E-state index in [2.05, 4.69) is 5.32 Å². The lowest BCUT2D eigenvalue weighted by atomic mass is 10.1.